The van der Waals surface area contributed by atoms with Gasteiger partial charge in [0.2, 0.25) is 0 Å². The molecule has 7 heteroatoms. The molecule has 5 nitrogen and oxygen atoms in total. The summed E-state index contributed by atoms with van der Waals surface area (Å²) in [7, 11) is -3.33. The number of unbranched alkanes of at least 4 members (excludes halogenated alkanes) is 2. The van der Waals surface area contributed by atoms with E-state index in [1.165, 1.54) is 19.3 Å². The average molecular weight is 382 g/mol. The van der Waals surface area contributed by atoms with Crippen molar-refractivity contribution >= 4 is 19.9 Å². The van der Waals surface area contributed by atoms with Crippen LogP contribution < -0.4 is 5.32 Å². The minimum absolute atomic E-state index is 0.373. The molecule has 0 aromatic rings. The highest BCUT2D eigenvalue weighted by Crippen LogP contribution is 2.35. The summed E-state index contributed by atoms with van der Waals surface area (Å²) in [6.45, 7) is 9.27. The minimum Gasteiger partial charge on any atom is -0.378 e. The Morgan fingerprint density at radius 3 is 2.62 bits per heavy atom. The van der Waals surface area contributed by atoms with Gasteiger partial charge in [0.05, 0.1) is 6.10 Å². The molecule has 1 rings (SSSR count). The molecular formula is C17H35NO4S2. The molecule has 0 aliphatic heterocycles. The Morgan fingerprint density at radius 1 is 1.21 bits per heavy atom. The van der Waals surface area contributed by atoms with E-state index in [4.69, 9.17) is 9.29 Å². The third-order valence-electron chi connectivity index (χ3n) is 4.80. The van der Waals surface area contributed by atoms with Gasteiger partial charge in [0.15, 0.2) is 0 Å². The summed E-state index contributed by atoms with van der Waals surface area (Å²) in [6, 6.07) is 0. The van der Waals surface area contributed by atoms with Crippen LogP contribution in [-0.2, 0) is 13.9 Å². The van der Waals surface area contributed by atoms with Crippen molar-refractivity contribution < 1.29 is 17.7 Å². The smallest absolute Gasteiger partial charge is 0.319 e. The second-order valence-corrected chi connectivity index (χ2v) is 10.8. The molecule has 0 unspecified atom stereocenters. The fourth-order valence-corrected chi connectivity index (χ4v) is 4.73. The van der Waals surface area contributed by atoms with Gasteiger partial charge >= 0.3 is 9.15 Å². The van der Waals surface area contributed by atoms with Gasteiger partial charge in [-0.3, -0.25) is 4.55 Å². The van der Waals surface area contributed by atoms with Gasteiger partial charge in [-0.05, 0) is 67.2 Å². The van der Waals surface area contributed by atoms with Crippen LogP contribution in [0.15, 0.2) is 0 Å². The van der Waals surface area contributed by atoms with Crippen LogP contribution in [0.1, 0.15) is 59.3 Å². The molecule has 0 radical (unpaired) electrons. The van der Waals surface area contributed by atoms with E-state index >= 15 is 0 Å². The first-order chi connectivity index (χ1) is 11.3. The molecule has 0 saturated heterocycles. The van der Waals surface area contributed by atoms with Crippen molar-refractivity contribution in [1.29, 1.82) is 0 Å². The van der Waals surface area contributed by atoms with Crippen molar-refractivity contribution in [1.82, 2.24) is 5.32 Å². The lowest BCUT2D eigenvalue weighted by Crippen LogP contribution is -2.34. The Balaban J connectivity index is 2.01. The van der Waals surface area contributed by atoms with E-state index in [-0.39, 0.29) is 0 Å². The molecule has 0 heterocycles. The number of rotatable bonds is 12. The van der Waals surface area contributed by atoms with Crippen molar-refractivity contribution in [2.24, 2.45) is 17.8 Å². The molecule has 1 aliphatic carbocycles. The number of ether oxygens (including phenoxy) is 1. The van der Waals surface area contributed by atoms with Gasteiger partial charge in [0.1, 0.15) is 0 Å². The summed E-state index contributed by atoms with van der Waals surface area (Å²) < 4.78 is 35.8. The van der Waals surface area contributed by atoms with Crippen LogP contribution in [0.2, 0.25) is 0 Å². The number of hydrogen-bond donors (Lipinski definition) is 2. The van der Waals surface area contributed by atoms with Crippen LogP contribution in [0, 0.1) is 17.8 Å². The summed E-state index contributed by atoms with van der Waals surface area (Å²) >= 11 is 0. The fourth-order valence-electron chi connectivity index (χ4n) is 3.41. The molecule has 24 heavy (non-hydrogen) atoms. The van der Waals surface area contributed by atoms with Gasteiger partial charge in [0.25, 0.3) is 0 Å². The maximum atomic E-state index is 10.5. The topological polar surface area (TPSA) is 75.6 Å². The lowest BCUT2D eigenvalue weighted by atomic mass is 9.75. The van der Waals surface area contributed by atoms with Crippen molar-refractivity contribution in [2.75, 3.05) is 25.4 Å². The number of nitrogens with one attached hydrogen (secondary N) is 1. The van der Waals surface area contributed by atoms with E-state index in [1.54, 1.807) is 0 Å². The molecule has 144 valence electrons. The molecule has 0 bridgehead atoms. The zero-order valence-corrected chi connectivity index (χ0v) is 17.0. The molecule has 0 aromatic carbocycles. The van der Waals surface area contributed by atoms with E-state index in [2.05, 4.69) is 26.1 Å². The van der Waals surface area contributed by atoms with Crippen molar-refractivity contribution in [3.63, 3.8) is 0 Å². The standard InChI is InChI=1S/C17H35NO4S2/c1-14(2)16-8-7-15(3)13-17(16)22-11-6-4-5-9-18-10-12-23-24(19,20)21/h14-18H,4-13H2,1-3H3,(H,19,20,21)/t15-,16-,17-/m1/s1. The molecule has 1 fully saturated rings. The molecule has 3 atom stereocenters. The Hall–Kier alpha value is 0.180. The van der Waals surface area contributed by atoms with E-state index in [0.717, 1.165) is 38.3 Å². The van der Waals surface area contributed by atoms with Gasteiger partial charge in [-0.25, -0.2) is 0 Å². The van der Waals surface area contributed by atoms with Crippen molar-refractivity contribution in [2.45, 2.75) is 65.4 Å². The molecule has 2 N–H and O–H groups in total. The average Bonchev–Trinajstić information content (AvgIpc) is 2.47. The predicted molar refractivity (Wildman–Crippen MR) is 102 cm³/mol. The van der Waals surface area contributed by atoms with E-state index in [0.29, 0.717) is 41.0 Å². The first kappa shape index (κ1) is 22.2. The first-order valence-corrected chi connectivity index (χ1v) is 12.2. The second-order valence-electron chi connectivity index (χ2n) is 7.30. The SMILES string of the molecule is CC(C)[C@H]1CC[C@@H](C)C[C@H]1OCCCCCNCCSS(=O)(=O)O. The Labute approximate surface area is 151 Å². The van der Waals surface area contributed by atoms with Gasteiger partial charge in [-0.2, -0.15) is 8.42 Å². The monoisotopic (exact) mass is 381 g/mol. The van der Waals surface area contributed by atoms with Crippen molar-refractivity contribution in [3.8, 4) is 0 Å². The summed E-state index contributed by atoms with van der Waals surface area (Å²) in [4.78, 5) is 0. The van der Waals surface area contributed by atoms with Crippen LogP contribution >= 0.6 is 10.8 Å². The highest BCUT2D eigenvalue weighted by Gasteiger charge is 2.31. The van der Waals surface area contributed by atoms with Crippen molar-refractivity contribution in [3.05, 3.63) is 0 Å². The molecule has 0 amide bonds. The fraction of sp³-hybridized carbons (Fsp3) is 1.00. The highest BCUT2D eigenvalue weighted by molar-refractivity contribution is 8.69. The summed E-state index contributed by atoms with van der Waals surface area (Å²) in [5.74, 6) is 2.57. The van der Waals surface area contributed by atoms with Gasteiger partial charge in [0, 0.05) is 18.9 Å². The molecular weight excluding hydrogens is 346 g/mol. The van der Waals surface area contributed by atoms with E-state index < -0.39 is 9.15 Å². The van der Waals surface area contributed by atoms with Crippen LogP contribution in [-0.4, -0.2) is 44.5 Å². The second kappa shape index (κ2) is 11.7. The Morgan fingerprint density at radius 2 is 1.96 bits per heavy atom. The van der Waals surface area contributed by atoms with Gasteiger partial charge in [-0.15, -0.1) is 0 Å². The van der Waals surface area contributed by atoms with E-state index in [9.17, 15) is 8.42 Å². The predicted octanol–water partition coefficient (Wildman–Crippen LogP) is 3.76. The van der Waals surface area contributed by atoms with E-state index in [1.807, 2.05) is 0 Å². The normalized spacial score (nSPS) is 25.3. The van der Waals surface area contributed by atoms with Crippen LogP contribution in [0.5, 0.6) is 0 Å². The maximum absolute atomic E-state index is 10.5. The number of hydrogen-bond acceptors (Lipinski definition) is 5. The molecule has 1 aliphatic rings. The van der Waals surface area contributed by atoms with Crippen LogP contribution in [0.3, 0.4) is 0 Å². The molecule has 1 saturated carbocycles. The van der Waals surface area contributed by atoms with Crippen LogP contribution in [0.4, 0.5) is 0 Å². The molecule has 0 spiro atoms. The zero-order chi connectivity index (χ0) is 18.0. The van der Waals surface area contributed by atoms with Gasteiger partial charge in [-0.1, -0.05) is 27.2 Å². The minimum atomic E-state index is -3.89. The maximum Gasteiger partial charge on any atom is 0.319 e. The quantitative estimate of drug-likeness (QED) is 0.304. The summed E-state index contributed by atoms with van der Waals surface area (Å²) in [5.41, 5.74) is 0. The summed E-state index contributed by atoms with van der Waals surface area (Å²) in [5, 5.41) is 3.19. The lowest BCUT2D eigenvalue weighted by Gasteiger charge is -2.37. The third kappa shape index (κ3) is 10.2. The summed E-state index contributed by atoms with van der Waals surface area (Å²) in [6.07, 6.45) is 7.54. The molecule has 0 aromatic heterocycles. The lowest BCUT2D eigenvalue weighted by molar-refractivity contribution is -0.0394. The Bertz CT molecular complexity index is 428. The first-order valence-electron chi connectivity index (χ1n) is 9.23. The van der Waals surface area contributed by atoms with Gasteiger partial charge < -0.3 is 10.1 Å². The zero-order valence-electron chi connectivity index (χ0n) is 15.4. The Kier molecular flexibility index (Phi) is 10.9. The third-order valence-corrected chi connectivity index (χ3v) is 6.86. The largest absolute Gasteiger partial charge is 0.378 e. The highest BCUT2D eigenvalue weighted by atomic mass is 33.1. The van der Waals surface area contributed by atoms with Crippen LogP contribution in [0.25, 0.3) is 0 Å².